The van der Waals surface area contributed by atoms with Crippen LogP contribution in [0.3, 0.4) is 0 Å². The third kappa shape index (κ3) is 2.40. The summed E-state index contributed by atoms with van der Waals surface area (Å²) in [7, 11) is 0. The molecule has 9 heavy (non-hydrogen) atoms. The van der Waals surface area contributed by atoms with Crippen LogP contribution < -0.4 is 0 Å². The lowest BCUT2D eigenvalue weighted by molar-refractivity contribution is -0.434. The Bertz CT molecular complexity index is 118. The number of amides is 1. The van der Waals surface area contributed by atoms with Gasteiger partial charge in [0, 0.05) is 12.8 Å². The maximum Gasteiger partial charge on any atom is 0.374 e. The molecule has 0 aromatic carbocycles. The molecule has 1 amide bonds. The van der Waals surface area contributed by atoms with Gasteiger partial charge in [-0.15, -0.1) is 0 Å². The van der Waals surface area contributed by atoms with Crippen molar-refractivity contribution >= 4 is 12.6 Å². The minimum absolute atomic E-state index is 0. The second kappa shape index (κ2) is 4.24. The number of carbonyl (C=O) groups excluding carboxylic acids is 1. The highest BCUT2D eigenvalue weighted by atomic mass is 16.2. The van der Waals surface area contributed by atoms with Crippen LogP contribution in [0.1, 0.15) is 26.7 Å². The Morgan fingerprint density at radius 1 is 1.44 bits per heavy atom. The number of carbonyl (C=O) groups is 1. The fourth-order valence-electron chi connectivity index (χ4n) is 0.883. The molecule has 0 radical (unpaired) electrons. The van der Waals surface area contributed by atoms with Crippen LogP contribution in [0.4, 0.5) is 0 Å². The molecule has 1 aliphatic rings. The highest BCUT2D eigenvalue weighted by Gasteiger charge is 2.05. The summed E-state index contributed by atoms with van der Waals surface area (Å²) >= 11 is 0. The van der Waals surface area contributed by atoms with E-state index in [0.29, 0.717) is 0 Å². The lowest BCUT2D eigenvalue weighted by Gasteiger charge is -1.99. The van der Waals surface area contributed by atoms with Crippen LogP contribution in [0.15, 0.2) is 0 Å². The van der Waals surface area contributed by atoms with E-state index in [-0.39, 0.29) is 7.43 Å². The molecule has 2 nitrogen and oxygen atoms in total. The van der Waals surface area contributed by atoms with Crippen LogP contribution in [0, 0.1) is 0 Å². The van der Waals surface area contributed by atoms with E-state index in [9.17, 15) is 4.79 Å². The first kappa shape index (κ1) is 8.34. The van der Waals surface area contributed by atoms with Gasteiger partial charge in [-0.1, -0.05) is 7.43 Å². The standard InChI is InChI=1S/C6H10NO.CH4/c8-6-7-4-2-1-3-5-7;/h4,6H,1-3,5H2;1H4/q+1;/i6+1;1+1. The zero-order chi connectivity index (χ0) is 5.82. The van der Waals surface area contributed by atoms with Crippen LogP contribution in [0.5, 0.6) is 0 Å². The molecule has 0 atom stereocenters. The Kier molecular flexibility index (Phi) is 3.93. The molecule has 0 saturated carbocycles. The zero-order valence-corrected chi connectivity index (χ0v) is 4.84. The highest BCUT2D eigenvalue weighted by molar-refractivity contribution is 5.57. The summed E-state index contributed by atoms with van der Waals surface area (Å²) in [5.41, 5.74) is 0. The van der Waals surface area contributed by atoms with E-state index in [0.717, 1.165) is 25.8 Å². The molecule has 0 bridgehead atoms. The van der Waals surface area contributed by atoms with Crippen molar-refractivity contribution in [3.63, 3.8) is 0 Å². The summed E-state index contributed by atoms with van der Waals surface area (Å²) in [6.45, 7) is 0.920. The van der Waals surface area contributed by atoms with Gasteiger partial charge in [0.25, 0.3) is 0 Å². The zero-order valence-electron chi connectivity index (χ0n) is 4.84. The first-order valence-electron chi connectivity index (χ1n) is 2.98. The third-order valence-corrected chi connectivity index (χ3v) is 1.37. The number of nitrogens with zero attached hydrogens (tertiary/aromatic N) is 1. The Balaban J connectivity index is 0.000000640. The smallest absolute Gasteiger partial charge is 0.223 e. The van der Waals surface area contributed by atoms with Crippen LogP contribution >= 0.6 is 0 Å². The summed E-state index contributed by atoms with van der Waals surface area (Å²) in [6.07, 6.45) is 6.31. The van der Waals surface area contributed by atoms with Crippen molar-refractivity contribution < 1.29 is 9.37 Å². The van der Waals surface area contributed by atoms with Crippen LogP contribution in [0.2, 0.25) is 0 Å². The van der Waals surface area contributed by atoms with Crippen LogP contribution in [-0.4, -0.2) is 23.7 Å². The molecule has 1 heterocycles. The second-order valence-electron chi connectivity index (χ2n) is 2.02. The molecular formula is C7H14NO+. The molecule has 0 aromatic rings. The van der Waals surface area contributed by atoms with Gasteiger partial charge in [-0.05, 0) is 6.42 Å². The molecule has 0 saturated heterocycles. The van der Waals surface area contributed by atoms with Crippen molar-refractivity contribution in [1.29, 1.82) is 0 Å². The Labute approximate surface area is 56.2 Å². The molecule has 1 rings (SSSR count). The van der Waals surface area contributed by atoms with E-state index in [1.165, 1.54) is 6.42 Å². The summed E-state index contributed by atoms with van der Waals surface area (Å²) in [4.78, 5) is 10.1. The topological polar surface area (TPSA) is 20.1 Å². The van der Waals surface area contributed by atoms with Gasteiger partial charge >= 0.3 is 6.41 Å². The second-order valence-corrected chi connectivity index (χ2v) is 2.02. The van der Waals surface area contributed by atoms with E-state index in [2.05, 4.69) is 0 Å². The van der Waals surface area contributed by atoms with Crippen molar-refractivity contribution in [2.24, 2.45) is 0 Å². The lowest BCUT2D eigenvalue weighted by Crippen LogP contribution is -2.16. The molecule has 1 aliphatic heterocycles. The van der Waals surface area contributed by atoms with E-state index in [4.69, 9.17) is 0 Å². The van der Waals surface area contributed by atoms with Crippen LogP contribution in [-0.2, 0) is 4.79 Å². The SMILES string of the molecule is O=[13CH][N+]1=CCCCC1.[13CH4]. The highest BCUT2D eigenvalue weighted by Crippen LogP contribution is 1.97. The first-order chi connectivity index (χ1) is 3.93. The summed E-state index contributed by atoms with van der Waals surface area (Å²) < 4.78 is 1.71. The fraction of sp³-hybridized carbons (Fsp3) is 0.714. The number of rotatable bonds is 1. The van der Waals surface area contributed by atoms with Crippen molar-refractivity contribution in [3.05, 3.63) is 0 Å². The van der Waals surface area contributed by atoms with Crippen molar-refractivity contribution in [2.45, 2.75) is 26.7 Å². The molecule has 2 heteroatoms. The molecular weight excluding hydrogens is 116 g/mol. The van der Waals surface area contributed by atoms with E-state index >= 15 is 0 Å². The van der Waals surface area contributed by atoms with Gasteiger partial charge in [0.1, 0.15) is 6.21 Å². The van der Waals surface area contributed by atoms with E-state index in [1.807, 2.05) is 6.21 Å². The molecule has 0 aromatic heterocycles. The molecule has 0 aliphatic carbocycles. The Morgan fingerprint density at radius 2 is 2.22 bits per heavy atom. The Morgan fingerprint density at radius 3 is 2.56 bits per heavy atom. The van der Waals surface area contributed by atoms with Crippen molar-refractivity contribution in [1.82, 2.24) is 0 Å². The van der Waals surface area contributed by atoms with Gasteiger partial charge in [-0.25, -0.2) is 4.79 Å². The van der Waals surface area contributed by atoms with Gasteiger partial charge < -0.3 is 0 Å². The van der Waals surface area contributed by atoms with Crippen molar-refractivity contribution in [3.8, 4) is 0 Å². The quantitative estimate of drug-likeness (QED) is 0.295. The van der Waals surface area contributed by atoms with Gasteiger partial charge in [0.2, 0.25) is 0 Å². The molecule has 0 fully saturated rings. The minimum Gasteiger partial charge on any atom is -0.223 e. The maximum atomic E-state index is 10.1. The largest absolute Gasteiger partial charge is 0.374 e. The molecule has 0 N–H and O–H groups in total. The summed E-state index contributed by atoms with van der Waals surface area (Å²) in [6, 6.07) is 0. The minimum atomic E-state index is 0. The first-order valence-corrected chi connectivity index (χ1v) is 2.98. The summed E-state index contributed by atoms with van der Waals surface area (Å²) in [5, 5.41) is 0. The fourth-order valence-corrected chi connectivity index (χ4v) is 0.883. The predicted molar refractivity (Wildman–Crippen MR) is 37.8 cm³/mol. The van der Waals surface area contributed by atoms with E-state index < -0.39 is 0 Å². The van der Waals surface area contributed by atoms with Gasteiger partial charge in [-0.2, -0.15) is 4.58 Å². The normalized spacial score (nSPS) is 17.6. The maximum absolute atomic E-state index is 10.1. The third-order valence-electron chi connectivity index (χ3n) is 1.37. The van der Waals surface area contributed by atoms with Gasteiger partial charge in [0.05, 0.1) is 0 Å². The van der Waals surface area contributed by atoms with Gasteiger partial charge in [0.15, 0.2) is 6.54 Å². The average molecular weight is 130 g/mol. The van der Waals surface area contributed by atoms with Crippen LogP contribution in [0.25, 0.3) is 0 Å². The van der Waals surface area contributed by atoms with Gasteiger partial charge in [-0.3, -0.25) is 0 Å². The van der Waals surface area contributed by atoms with Crippen molar-refractivity contribution in [2.75, 3.05) is 6.54 Å². The van der Waals surface area contributed by atoms with E-state index in [1.54, 1.807) is 4.58 Å². The lowest BCUT2D eigenvalue weighted by atomic mass is 10.2. The summed E-state index contributed by atoms with van der Waals surface area (Å²) in [5.74, 6) is 0. The predicted octanol–water partition coefficient (Wildman–Crippen LogP) is 1.05. The Hall–Kier alpha value is -0.660. The molecule has 0 unspecified atom stereocenters. The number of hydrogen-bond donors (Lipinski definition) is 0. The number of hydrogen-bond acceptors (Lipinski definition) is 1. The average Bonchev–Trinajstić information content (AvgIpc) is 1.90. The monoisotopic (exact) mass is 130 g/mol. The molecule has 0 spiro atoms. The molecule has 52 valence electrons.